The summed E-state index contributed by atoms with van der Waals surface area (Å²) >= 11 is 1.71. The zero-order valence-corrected chi connectivity index (χ0v) is 15.4. The Labute approximate surface area is 151 Å². The van der Waals surface area contributed by atoms with Crippen molar-refractivity contribution in [1.82, 2.24) is 0 Å². The molecule has 0 aliphatic heterocycles. The Bertz CT molecular complexity index is 911. The Morgan fingerprint density at radius 1 is 0.960 bits per heavy atom. The topological polar surface area (TPSA) is 54.3 Å². The number of benzene rings is 2. The quantitative estimate of drug-likeness (QED) is 0.483. The van der Waals surface area contributed by atoms with Gasteiger partial charge in [-0.2, -0.15) is 0 Å². The minimum absolute atomic E-state index is 0.176. The molecule has 0 spiro atoms. The fourth-order valence-electron chi connectivity index (χ4n) is 2.29. The van der Waals surface area contributed by atoms with Crippen LogP contribution >= 0.6 is 11.9 Å². The van der Waals surface area contributed by atoms with E-state index in [4.69, 9.17) is 4.42 Å². The third kappa shape index (κ3) is 5.03. The van der Waals surface area contributed by atoms with Crippen molar-refractivity contribution in [3.63, 3.8) is 0 Å². The zero-order chi connectivity index (χ0) is 17.9. The molecule has 0 aliphatic rings. The molecule has 0 bridgehead atoms. The predicted molar refractivity (Wildman–Crippen MR) is 107 cm³/mol. The number of hydrogen-bond acceptors (Lipinski definition) is 5. The number of anilines is 2. The lowest BCUT2D eigenvalue weighted by Crippen LogP contribution is -2.10. The zero-order valence-electron chi connectivity index (χ0n) is 14.6. The number of rotatable bonds is 5. The first-order chi connectivity index (χ1) is 11.9. The summed E-state index contributed by atoms with van der Waals surface area (Å²) in [7, 11) is 0. The summed E-state index contributed by atoms with van der Waals surface area (Å²) in [5, 5.41) is 4.30. The van der Waals surface area contributed by atoms with Crippen molar-refractivity contribution in [2.24, 2.45) is 0 Å². The first-order valence-electron chi connectivity index (χ1n) is 8.20. The molecule has 5 heteroatoms. The highest BCUT2D eigenvalue weighted by Gasteiger charge is 2.10. The monoisotopic (exact) mass is 354 g/mol. The largest absolute Gasteiger partial charge is 0.423 e. The van der Waals surface area contributed by atoms with E-state index in [0.717, 1.165) is 23.3 Å². The standard InChI is InChI=1S/C20H22N2O2S/c1-20(2,3)25-22-16-7-4-14(5-8-16)13-21-17-9-10-18-15(12-17)6-11-19(23)24-18/h4-12,21-22H,13H2,1-3H3. The van der Waals surface area contributed by atoms with Crippen molar-refractivity contribution in [2.75, 3.05) is 10.0 Å². The summed E-state index contributed by atoms with van der Waals surface area (Å²) in [4.78, 5) is 11.2. The molecular formula is C20H22N2O2S. The molecule has 0 atom stereocenters. The molecule has 4 nitrogen and oxygen atoms in total. The lowest BCUT2D eigenvalue weighted by Gasteiger charge is -2.18. The van der Waals surface area contributed by atoms with E-state index in [-0.39, 0.29) is 10.4 Å². The summed E-state index contributed by atoms with van der Waals surface area (Å²) in [6, 6.07) is 17.3. The van der Waals surface area contributed by atoms with Gasteiger partial charge in [0.15, 0.2) is 0 Å². The van der Waals surface area contributed by atoms with Crippen molar-refractivity contribution in [1.29, 1.82) is 0 Å². The molecule has 3 aromatic rings. The van der Waals surface area contributed by atoms with Crippen LogP contribution in [-0.2, 0) is 6.54 Å². The summed E-state index contributed by atoms with van der Waals surface area (Å²) in [5.74, 6) is 0. The maximum absolute atomic E-state index is 11.2. The van der Waals surface area contributed by atoms with Gasteiger partial charge in [0.05, 0.1) is 0 Å². The van der Waals surface area contributed by atoms with Crippen molar-refractivity contribution in [3.05, 3.63) is 70.6 Å². The van der Waals surface area contributed by atoms with Crippen LogP contribution in [0.15, 0.2) is 63.8 Å². The smallest absolute Gasteiger partial charge is 0.336 e. The fourth-order valence-corrected chi connectivity index (χ4v) is 2.85. The third-order valence-electron chi connectivity index (χ3n) is 3.54. The average Bonchev–Trinajstić information content (AvgIpc) is 2.58. The van der Waals surface area contributed by atoms with Gasteiger partial charge in [-0.1, -0.05) is 12.1 Å². The summed E-state index contributed by atoms with van der Waals surface area (Å²) in [6.45, 7) is 7.27. The molecule has 2 N–H and O–H groups in total. The highest BCUT2D eigenvalue weighted by Crippen LogP contribution is 2.25. The second kappa shape index (κ2) is 7.23. The Kier molecular flexibility index (Phi) is 5.04. The molecule has 0 amide bonds. The first kappa shape index (κ1) is 17.4. The van der Waals surface area contributed by atoms with Gasteiger partial charge >= 0.3 is 5.63 Å². The minimum Gasteiger partial charge on any atom is -0.423 e. The summed E-state index contributed by atoms with van der Waals surface area (Å²) in [6.07, 6.45) is 0. The van der Waals surface area contributed by atoms with Crippen molar-refractivity contribution >= 4 is 34.3 Å². The van der Waals surface area contributed by atoms with Gasteiger partial charge in [0, 0.05) is 34.1 Å². The maximum Gasteiger partial charge on any atom is 0.336 e. The van der Waals surface area contributed by atoms with Gasteiger partial charge in [-0.25, -0.2) is 4.79 Å². The molecule has 2 aromatic carbocycles. The van der Waals surface area contributed by atoms with Crippen LogP contribution in [0.2, 0.25) is 0 Å². The van der Waals surface area contributed by atoms with Crippen molar-refractivity contribution in [3.8, 4) is 0 Å². The average molecular weight is 354 g/mol. The third-order valence-corrected chi connectivity index (χ3v) is 4.50. The lowest BCUT2D eigenvalue weighted by molar-refractivity contribution is 0.561. The second-order valence-electron chi connectivity index (χ2n) is 6.87. The molecule has 25 heavy (non-hydrogen) atoms. The predicted octanol–water partition coefficient (Wildman–Crippen LogP) is 5.26. The van der Waals surface area contributed by atoms with Crippen LogP contribution in [0.5, 0.6) is 0 Å². The molecule has 130 valence electrons. The molecule has 3 rings (SSSR count). The molecule has 0 unspecified atom stereocenters. The number of fused-ring (bicyclic) bond motifs is 1. The fraction of sp³-hybridized carbons (Fsp3) is 0.250. The van der Waals surface area contributed by atoms with Crippen LogP contribution in [0.3, 0.4) is 0 Å². The lowest BCUT2D eigenvalue weighted by atomic mass is 10.2. The normalized spacial score (nSPS) is 11.5. The summed E-state index contributed by atoms with van der Waals surface area (Å²) in [5.41, 5.74) is 3.57. The van der Waals surface area contributed by atoms with Gasteiger partial charge in [-0.05, 0) is 74.7 Å². The van der Waals surface area contributed by atoms with Crippen LogP contribution in [-0.4, -0.2) is 4.75 Å². The highest BCUT2D eigenvalue weighted by atomic mass is 32.2. The highest BCUT2D eigenvalue weighted by molar-refractivity contribution is 8.01. The van der Waals surface area contributed by atoms with Gasteiger partial charge in [0.25, 0.3) is 0 Å². The van der Waals surface area contributed by atoms with E-state index in [1.54, 1.807) is 18.0 Å². The van der Waals surface area contributed by atoms with Gasteiger partial charge in [-0.15, -0.1) is 0 Å². The molecule has 1 aromatic heterocycles. The van der Waals surface area contributed by atoms with E-state index in [0.29, 0.717) is 5.58 Å². The van der Waals surface area contributed by atoms with E-state index < -0.39 is 0 Å². The molecular weight excluding hydrogens is 332 g/mol. The van der Waals surface area contributed by atoms with E-state index >= 15 is 0 Å². The molecule has 0 saturated heterocycles. The van der Waals surface area contributed by atoms with Crippen LogP contribution in [0.25, 0.3) is 11.0 Å². The molecule has 0 fully saturated rings. The maximum atomic E-state index is 11.2. The van der Waals surface area contributed by atoms with Crippen molar-refractivity contribution in [2.45, 2.75) is 32.1 Å². The van der Waals surface area contributed by atoms with E-state index in [1.165, 1.54) is 11.6 Å². The minimum atomic E-state index is -0.327. The van der Waals surface area contributed by atoms with Gasteiger partial charge in [0.1, 0.15) is 5.58 Å². The molecule has 1 heterocycles. The van der Waals surface area contributed by atoms with Crippen LogP contribution in [0, 0.1) is 0 Å². The Morgan fingerprint density at radius 3 is 2.40 bits per heavy atom. The number of hydrogen-bond donors (Lipinski definition) is 2. The van der Waals surface area contributed by atoms with Gasteiger partial charge in [-0.3, -0.25) is 0 Å². The van der Waals surface area contributed by atoms with Gasteiger partial charge in [0.2, 0.25) is 0 Å². The number of nitrogens with one attached hydrogen (secondary N) is 2. The van der Waals surface area contributed by atoms with Crippen LogP contribution in [0.1, 0.15) is 26.3 Å². The molecule has 0 radical (unpaired) electrons. The summed E-state index contributed by atoms with van der Waals surface area (Å²) < 4.78 is 8.69. The SMILES string of the molecule is CC(C)(C)SNc1ccc(CNc2ccc3oc(=O)ccc3c2)cc1. The Morgan fingerprint density at radius 2 is 1.68 bits per heavy atom. The Hall–Kier alpha value is -2.40. The van der Waals surface area contributed by atoms with Crippen molar-refractivity contribution < 1.29 is 4.42 Å². The van der Waals surface area contributed by atoms with Crippen LogP contribution < -0.4 is 15.7 Å². The van der Waals surface area contributed by atoms with E-state index in [9.17, 15) is 4.79 Å². The van der Waals surface area contributed by atoms with Crippen LogP contribution in [0.4, 0.5) is 11.4 Å². The van der Waals surface area contributed by atoms with E-state index in [2.05, 4.69) is 55.1 Å². The Balaban J connectivity index is 1.61. The second-order valence-corrected chi connectivity index (χ2v) is 8.51. The first-order valence-corrected chi connectivity index (χ1v) is 9.01. The van der Waals surface area contributed by atoms with Gasteiger partial charge < -0.3 is 14.5 Å². The molecule has 0 saturated carbocycles. The van der Waals surface area contributed by atoms with E-state index in [1.807, 2.05) is 18.2 Å². The molecule has 0 aliphatic carbocycles.